The molecule has 0 aromatic rings. The number of alkyl halides is 2. The largest absolute Gasteiger partial charge is 0.393 e. The van der Waals surface area contributed by atoms with E-state index in [1.54, 1.807) is 0 Å². The molecule has 0 amide bonds. The second-order valence-electron chi connectivity index (χ2n) is 2.27. The molecule has 13 heavy (non-hydrogen) atoms. The predicted molar refractivity (Wildman–Crippen MR) is 52.8 cm³/mol. The molecular formula is C5H4BrCl2N3O2. The zero-order valence-electron chi connectivity index (χ0n) is 6.05. The van der Waals surface area contributed by atoms with Crippen LogP contribution in [-0.4, -0.2) is 8.83 Å². The number of dihydropyridines is 1. The molecule has 1 rings (SSSR count). The third-order valence-corrected chi connectivity index (χ3v) is 2.18. The Morgan fingerprint density at radius 1 is 1.77 bits per heavy atom. The van der Waals surface area contributed by atoms with E-state index in [-0.39, 0.29) is 16.6 Å². The van der Waals surface area contributed by atoms with Crippen LogP contribution in [0.5, 0.6) is 0 Å². The molecule has 1 unspecified atom stereocenters. The molecule has 0 aliphatic carbocycles. The lowest BCUT2D eigenvalue weighted by atomic mass is 10.3. The quantitative estimate of drug-likeness (QED) is 0.331. The van der Waals surface area contributed by atoms with E-state index < -0.39 is 8.83 Å². The molecule has 72 valence electrons. The average Bonchev–Trinajstić information content (AvgIpc) is 1.78. The van der Waals surface area contributed by atoms with E-state index in [0.717, 1.165) is 0 Å². The van der Waals surface area contributed by atoms with Crippen molar-refractivity contribution in [3.63, 3.8) is 0 Å². The Hall–Kier alpha value is -0.460. The highest BCUT2D eigenvalue weighted by Crippen LogP contribution is 2.31. The summed E-state index contributed by atoms with van der Waals surface area (Å²) in [5, 5.41) is 12.7. The first-order chi connectivity index (χ1) is 5.83. The Morgan fingerprint density at radius 3 is 2.69 bits per heavy atom. The Balaban J connectivity index is 3.13. The molecule has 0 fully saturated rings. The van der Waals surface area contributed by atoms with Crippen molar-refractivity contribution in [1.29, 1.82) is 0 Å². The van der Waals surface area contributed by atoms with E-state index in [0.29, 0.717) is 0 Å². The number of nitrogens with one attached hydrogen (secondary N) is 1. The molecule has 0 saturated heterocycles. The SMILES string of the molecule is NC1=CC(Cl)(Br)NC(Cl)=C1[N+](=O)[O-]. The van der Waals surface area contributed by atoms with Gasteiger partial charge >= 0.3 is 5.70 Å². The third kappa shape index (κ3) is 2.26. The van der Waals surface area contributed by atoms with Crippen molar-refractivity contribution in [2.24, 2.45) is 5.73 Å². The zero-order chi connectivity index (χ0) is 10.2. The van der Waals surface area contributed by atoms with Crippen molar-refractivity contribution in [3.8, 4) is 0 Å². The standard InChI is InChI=1S/C5H4BrCl2N3O2/c6-5(8)1-2(9)3(11(12)13)4(7)10-5/h1,10H,9H2. The third-order valence-electron chi connectivity index (χ3n) is 1.28. The van der Waals surface area contributed by atoms with Gasteiger partial charge in [0.15, 0.2) is 9.06 Å². The van der Waals surface area contributed by atoms with Gasteiger partial charge in [0, 0.05) is 0 Å². The summed E-state index contributed by atoms with van der Waals surface area (Å²) in [5.41, 5.74) is 4.91. The summed E-state index contributed by atoms with van der Waals surface area (Å²) in [7, 11) is 0. The van der Waals surface area contributed by atoms with Crippen LogP contribution >= 0.6 is 39.1 Å². The Kier molecular flexibility index (Phi) is 2.74. The number of nitrogens with zero attached hydrogens (tertiary/aromatic N) is 1. The number of hydrogen-bond donors (Lipinski definition) is 2. The van der Waals surface area contributed by atoms with E-state index in [2.05, 4.69) is 21.2 Å². The van der Waals surface area contributed by atoms with Crippen molar-refractivity contribution in [1.82, 2.24) is 5.32 Å². The molecule has 1 aliphatic rings. The van der Waals surface area contributed by atoms with Crippen molar-refractivity contribution in [2.45, 2.75) is 3.91 Å². The first-order valence-corrected chi connectivity index (χ1v) is 4.57. The monoisotopic (exact) mass is 287 g/mol. The lowest BCUT2D eigenvalue weighted by Gasteiger charge is -2.22. The van der Waals surface area contributed by atoms with Gasteiger partial charge < -0.3 is 11.1 Å². The Bertz CT molecular complexity index is 326. The number of halogens is 3. The zero-order valence-corrected chi connectivity index (χ0v) is 9.15. The van der Waals surface area contributed by atoms with Crippen LogP contribution in [0.1, 0.15) is 0 Å². The lowest BCUT2D eigenvalue weighted by molar-refractivity contribution is -0.422. The van der Waals surface area contributed by atoms with Crippen LogP contribution in [0.4, 0.5) is 0 Å². The van der Waals surface area contributed by atoms with Crippen LogP contribution in [0.3, 0.4) is 0 Å². The van der Waals surface area contributed by atoms with Crippen LogP contribution in [0.2, 0.25) is 0 Å². The smallest absolute Gasteiger partial charge is 0.326 e. The van der Waals surface area contributed by atoms with Gasteiger partial charge in [-0.2, -0.15) is 0 Å². The van der Waals surface area contributed by atoms with E-state index >= 15 is 0 Å². The average molecular weight is 289 g/mol. The molecule has 0 aromatic carbocycles. The first-order valence-electron chi connectivity index (χ1n) is 3.02. The summed E-state index contributed by atoms with van der Waals surface area (Å²) in [5.74, 6) is 0. The maximum absolute atomic E-state index is 10.4. The second-order valence-corrected chi connectivity index (χ2v) is 4.95. The normalized spacial score (nSPS) is 28.1. The second kappa shape index (κ2) is 3.36. The van der Waals surface area contributed by atoms with Gasteiger partial charge in [-0.25, -0.2) is 0 Å². The molecule has 0 aromatic heterocycles. The fourth-order valence-electron chi connectivity index (χ4n) is 0.818. The molecule has 1 heterocycles. The molecule has 8 heteroatoms. The maximum Gasteiger partial charge on any atom is 0.326 e. The van der Waals surface area contributed by atoms with Crippen LogP contribution < -0.4 is 11.1 Å². The van der Waals surface area contributed by atoms with Gasteiger partial charge in [0.2, 0.25) is 0 Å². The van der Waals surface area contributed by atoms with Gasteiger partial charge in [-0.1, -0.05) is 23.2 Å². The number of nitrogens with two attached hydrogens (primary N) is 1. The topological polar surface area (TPSA) is 81.2 Å². The molecule has 0 radical (unpaired) electrons. The summed E-state index contributed by atoms with van der Waals surface area (Å²) in [4.78, 5) is 9.75. The summed E-state index contributed by atoms with van der Waals surface area (Å²) < 4.78 is -1.16. The van der Waals surface area contributed by atoms with E-state index in [1.807, 2.05) is 0 Å². The highest BCUT2D eigenvalue weighted by atomic mass is 79.9. The Morgan fingerprint density at radius 2 is 2.31 bits per heavy atom. The minimum Gasteiger partial charge on any atom is -0.393 e. The van der Waals surface area contributed by atoms with Gasteiger partial charge in [-0.15, -0.1) is 0 Å². The number of hydrogen-bond acceptors (Lipinski definition) is 4. The summed E-state index contributed by atoms with van der Waals surface area (Å²) >= 11 is 14.3. The van der Waals surface area contributed by atoms with Crippen LogP contribution in [-0.2, 0) is 0 Å². The van der Waals surface area contributed by atoms with Crippen molar-refractivity contribution >= 4 is 39.1 Å². The molecule has 0 bridgehead atoms. The molecule has 1 atom stereocenters. The molecule has 0 saturated carbocycles. The number of nitro groups is 1. The fourth-order valence-corrected chi connectivity index (χ4v) is 1.96. The van der Waals surface area contributed by atoms with E-state index in [4.69, 9.17) is 28.9 Å². The molecule has 0 spiro atoms. The highest BCUT2D eigenvalue weighted by molar-refractivity contribution is 9.10. The predicted octanol–water partition coefficient (Wildman–Crippen LogP) is 1.40. The van der Waals surface area contributed by atoms with Crippen LogP contribution in [0.25, 0.3) is 0 Å². The summed E-state index contributed by atoms with van der Waals surface area (Å²) in [6, 6.07) is 0. The minimum absolute atomic E-state index is 0.0828. The van der Waals surface area contributed by atoms with Crippen LogP contribution in [0.15, 0.2) is 22.6 Å². The molecular weight excluding hydrogens is 285 g/mol. The molecule has 3 N–H and O–H groups in total. The minimum atomic E-state index is -1.16. The lowest BCUT2D eigenvalue weighted by Crippen LogP contribution is -2.36. The highest BCUT2D eigenvalue weighted by Gasteiger charge is 2.34. The van der Waals surface area contributed by atoms with Gasteiger partial charge in [0.25, 0.3) is 0 Å². The molecule has 1 aliphatic heterocycles. The van der Waals surface area contributed by atoms with Crippen molar-refractivity contribution < 1.29 is 4.92 Å². The van der Waals surface area contributed by atoms with Crippen LogP contribution in [0, 0.1) is 10.1 Å². The van der Waals surface area contributed by atoms with Gasteiger partial charge in [0.05, 0.1) is 4.92 Å². The van der Waals surface area contributed by atoms with E-state index in [9.17, 15) is 10.1 Å². The van der Waals surface area contributed by atoms with E-state index in [1.165, 1.54) is 6.08 Å². The number of rotatable bonds is 1. The van der Waals surface area contributed by atoms with Gasteiger partial charge in [-0.05, 0) is 22.0 Å². The summed E-state index contributed by atoms with van der Waals surface area (Å²) in [6.45, 7) is 0. The maximum atomic E-state index is 10.4. The van der Waals surface area contributed by atoms with Gasteiger partial charge in [0.1, 0.15) is 5.70 Å². The summed E-state index contributed by atoms with van der Waals surface area (Å²) in [6.07, 6.45) is 1.25. The van der Waals surface area contributed by atoms with Crippen molar-refractivity contribution in [2.75, 3.05) is 0 Å². The first kappa shape index (κ1) is 10.6. The fraction of sp³-hybridized carbons (Fsp3) is 0.200. The van der Waals surface area contributed by atoms with Gasteiger partial charge in [-0.3, -0.25) is 10.1 Å². The van der Waals surface area contributed by atoms with Crippen molar-refractivity contribution in [3.05, 3.63) is 32.7 Å². The molecule has 5 nitrogen and oxygen atoms in total. The Labute approximate surface area is 91.8 Å².